The minimum Gasteiger partial charge on any atom is -0.444 e. The van der Waals surface area contributed by atoms with E-state index < -0.39 is 27.1 Å². The lowest BCUT2D eigenvalue weighted by Gasteiger charge is -2.44. The second-order valence-corrected chi connectivity index (χ2v) is 13.2. The van der Waals surface area contributed by atoms with E-state index in [2.05, 4.69) is 20.2 Å². The van der Waals surface area contributed by atoms with Gasteiger partial charge in [0.25, 0.3) is 0 Å². The third-order valence-electron chi connectivity index (χ3n) is 7.04. The summed E-state index contributed by atoms with van der Waals surface area (Å²) in [5.41, 5.74) is 2.21. The molecule has 12 heteroatoms. The Morgan fingerprint density at radius 3 is 2.74 bits per heavy atom. The first-order valence-electron chi connectivity index (χ1n) is 13.2. The molecule has 1 aromatic carbocycles. The number of anilines is 2. The van der Waals surface area contributed by atoms with Crippen molar-refractivity contribution in [3.63, 3.8) is 0 Å². The Morgan fingerprint density at radius 1 is 1.21 bits per heavy atom. The maximum absolute atomic E-state index is 12.6. The molecule has 1 aromatic heterocycles. The summed E-state index contributed by atoms with van der Waals surface area (Å²) in [6.45, 7) is 10.3. The van der Waals surface area contributed by atoms with Gasteiger partial charge in [-0.3, -0.25) is 5.32 Å². The van der Waals surface area contributed by atoms with E-state index in [9.17, 15) is 13.2 Å². The molecule has 1 fully saturated rings. The highest BCUT2D eigenvalue weighted by molar-refractivity contribution is 7.90. The Hall–Kier alpha value is -2.80. The quantitative estimate of drug-likeness (QED) is 0.557. The van der Waals surface area contributed by atoms with Crippen LogP contribution in [-0.4, -0.2) is 69.2 Å². The lowest BCUT2D eigenvalue weighted by atomic mass is 9.80. The maximum Gasteiger partial charge on any atom is 0.412 e. The Kier molecular flexibility index (Phi) is 7.34. The molecule has 5 rings (SSSR count). The third-order valence-corrected chi connectivity index (χ3v) is 7.89. The fraction of sp³-hybridized carbons (Fsp3) is 0.593. The van der Waals surface area contributed by atoms with Crippen molar-refractivity contribution in [2.24, 2.45) is 0 Å². The molecule has 4 heterocycles. The zero-order valence-electron chi connectivity index (χ0n) is 23.1. The molecule has 2 atom stereocenters. The summed E-state index contributed by atoms with van der Waals surface area (Å²) in [6.07, 6.45) is 1.48. The number of nitrogens with zero attached hydrogens (tertiary/aromatic N) is 3. The first-order chi connectivity index (χ1) is 18.3. The highest BCUT2D eigenvalue weighted by Crippen LogP contribution is 2.46. The molecule has 1 saturated heterocycles. The summed E-state index contributed by atoms with van der Waals surface area (Å²) in [5, 5.41) is 2.61. The van der Waals surface area contributed by atoms with Crippen LogP contribution in [0.3, 0.4) is 0 Å². The van der Waals surface area contributed by atoms with E-state index in [1.165, 1.54) is 0 Å². The van der Waals surface area contributed by atoms with Crippen LogP contribution in [0.25, 0.3) is 0 Å². The molecule has 0 radical (unpaired) electrons. The number of ether oxygens (including phenoxy) is 4. The van der Waals surface area contributed by atoms with Crippen molar-refractivity contribution in [3.05, 3.63) is 40.6 Å². The molecular formula is C27H36N4O7S. The van der Waals surface area contributed by atoms with Crippen molar-refractivity contribution in [1.29, 1.82) is 0 Å². The standard InChI is InChI=1S/C27H36N4O7S/c1-17-19-8-7-18(28-25(32)38-26(2,3)4)13-21(19)27(16-36-17)14-22-20(15-37-27)23(30-24(29-22)39(5,33)34)31-9-6-11-35-12-10-31/h7-8,13,17H,6,9-12,14-16H2,1-5H3,(H,28,32)/t17-,27-/m0/s1. The Balaban J connectivity index is 1.54. The lowest BCUT2D eigenvalue weighted by molar-refractivity contribution is -0.148. The number of sulfone groups is 1. The van der Waals surface area contributed by atoms with Crippen LogP contribution >= 0.6 is 0 Å². The molecule has 2 aromatic rings. The van der Waals surface area contributed by atoms with Crippen LogP contribution in [0.5, 0.6) is 0 Å². The number of fused-ring (bicyclic) bond motifs is 3. The number of rotatable bonds is 3. The number of amides is 1. The van der Waals surface area contributed by atoms with E-state index in [-0.39, 0.29) is 24.5 Å². The maximum atomic E-state index is 12.6. The molecule has 39 heavy (non-hydrogen) atoms. The Bertz CT molecular complexity index is 1370. The average Bonchev–Trinajstić information content (AvgIpc) is 3.14. The van der Waals surface area contributed by atoms with Crippen LogP contribution in [0.15, 0.2) is 23.4 Å². The van der Waals surface area contributed by atoms with Crippen molar-refractivity contribution in [2.45, 2.75) is 69.6 Å². The minimum atomic E-state index is -3.67. The minimum absolute atomic E-state index is 0.184. The van der Waals surface area contributed by atoms with E-state index >= 15 is 0 Å². The van der Waals surface area contributed by atoms with Gasteiger partial charge in [-0.15, -0.1) is 0 Å². The van der Waals surface area contributed by atoms with Crippen LogP contribution in [0.2, 0.25) is 0 Å². The number of aromatic nitrogens is 2. The van der Waals surface area contributed by atoms with Crippen molar-refractivity contribution >= 4 is 27.4 Å². The SMILES string of the molecule is C[C@@H]1OC[C@@]2(Cc3nc(S(C)(=O)=O)nc(N4CCCOCC4)c3CO2)c2cc(NC(=O)OC(C)(C)C)ccc21. The van der Waals surface area contributed by atoms with Crippen molar-refractivity contribution in [1.82, 2.24) is 9.97 Å². The van der Waals surface area contributed by atoms with E-state index in [0.717, 1.165) is 29.4 Å². The Labute approximate surface area is 229 Å². The summed E-state index contributed by atoms with van der Waals surface area (Å²) in [7, 11) is -3.67. The summed E-state index contributed by atoms with van der Waals surface area (Å²) in [4.78, 5) is 23.5. The molecule has 1 spiro atoms. The van der Waals surface area contributed by atoms with E-state index in [1.54, 1.807) is 20.8 Å². The summed E-state index contributed by atoms with van der Waals surface area (Å²) in [5.74, 6) is 0.575. The smallest absolute Gasteiger partial charge is 0.412 e. The topological polar surface area (TPSA) is 129 Å². The van der Waals surface area contributed by atoms with Gasteiger partial charge in [0, 0.05) is 43.6 Å². The fourth-order valence-corrected chi connectivity index (χ4v) is 5.73. The van der Waals surface area contributed by atoms with Gasteiger partial charge in [0.15, 0.2) is 0 Å². The largest absolute Gasteiger partial charge is 0.444 e. The van der Waals surface area contributed by atoms with Gasteiger partial charge in [0.2, 0.25) is 15.0 Å². The number of hydrogen-bond acceptors (Lipinski definition) is 10. The second-order valence-electron chi connectivity index (χ2n) is 11.3. The van der Waals surface area contributed by atoms with Gasteiger partial charge in [0.1, 0.15) is 17.0 Å². The molecule has 0 aliphatic carbocycles. The van der Waals surface area contributed by atoms with Gasteiger partial charge >= 0.3 is 6.09 Å². The molecule has 212 valence electrons. The molecule has 0 saturated carbocycles. The first-order valence-corrected chi connectivity index (χ1v) is 15.1. The predicted octanol–water partition coefficient (Wildman–Crippen LogP) is 3.51. The van der Waals surface area contributed by atoms with Crippen molar-refractivity contribution in [2.75, 3.05) is 49.4 Å². The number of carbonyl (C=O) groups is 1. The van der Waals surface area contributed by atoms with E-state index in [4.69, 9.17) is 18.9 Å². The number of benzene rings is 1. The number of carbonyl (C=O) groups excluding carboxylic acids is 1. The highest BCUT2D eigenvalue weighted by Gasteiger charge is 2.45. The average molecular weight is 561 g/mol. The van der Waals surface area contributed by atoms with Crippen LogP contribution in [0.1, 0.15) is 62.6 Å². The fourth-order valence-electron chi connectivity index (χ4n) is 5.20. The van der Waals surface area contributed by atoms with E-state index in [0.29, 0.717) is 49.9 Å². The zero-order chi connectivity index (χ0) is 28.0. The molecular weight excluding hydrogens is 524 g/mol. The molecule has 1 amide bonds. The van der Waals surface area contributed by atoms with Gasteiger partial charge < -0.3 is 23.8 Å². The molecule has 3 aliphatic heterocycles. The normalized spacial score (nSPS) is 23.5. The monoisotopic (exact) mass is 560 g/mol. The molecule has 1 N–H and O–H groups in total. The van der Waals surface area contributed by atoms with Gasteiger partial charge in [-0.25, -0.2) is 23.2 Å². The van der Waals surface area contributed by atoms with Crippen LogP contribution in [0.4, 0.5) is 16.3 Å². The van der Waals surface area contributed by atoms with Gasteiger partial charge in [0.05, 0.1) is 31.6 Å². The molecule has 11 nitrogen and oxygen atoms in total. The van der Waals surface area contributed by atoms with Crippen molar-refractivity contribution in [3.8, 4) is 0 Å². The van der Waals surface area contributed by atoms with Crippen LogP contribution < -0.4 is 10.2 Å². The van der Waals surface area contributed by atoms with Crippen LogP contribution in [0, 0.1) is 0 Å². The van der Waals surface area contributed by atoms with Gasteiger partial charge in [-0.2, -0.15) is 0 Å². The predicted molar refractivity (Wildman–Crippen MR) is 144 cm³/mol. The van der Waals surface area contributed by atoms with Gasteiger partial charge in [-0.05, 0) is 57.4 Å². The molecule has 3 aliphatic rings. The Morgan fingerprint density at radius 2 is 2.00 bits per heavy atom. The number of nitrogens with one attached hydrogen (secondary N) is 1. The zero-order valence-corrected chi connectivity index (χ0v) is 23.9. The van der Waals surface area contributed by atoms with Gasteiger partial charge in [-0.1, -0.05) is 6.07 Å². The highest BCUT2D eigenvalue weighted by atomic mass is 32.2. The van der Waals surface area contributed by atoms with Crippen LogP contribution in [-0.2, 0) is 47.4 Å². The van der Waals surface area contributed by atoms with Crippen molar-refractivity contribution < 1.29 is 32.2 Å². The summed E-state index contributed by atoms with van der Waals surface area (Å²) < 4.78 is 48.9. The van der Waals surface area contributed by atoms with E-state index in [1.807, 2.05) is 25.1 Å². The first kappa shape index (κ1) is 27.8. The summed E-state index contributed by atoms with van der Waals surface area (Å²) in [6, 6.07) is 5.61. The second kappa shape index (κ2) is 10.3. The lowest BCUT2D eigenvalue weighted by Crippen LogP contribution is -2.45. The summed E-state index contributed by atoms with van der Waals surface area (Å²) >= 11 is 0. The molecule has 0 unspecified atom stereocenters. The number of hydrogen-bond donors (Lipinski definition) is 1. The molecule has 0 bridgehead atoms. The third kappa shape index (κ3) is 5.88.